The fraction of sp³-hybridized carbons (Fsp3) is 0.471. The molecule has 1 atom stereocenters. The summed E-state index contributed by atoms with van der Waals surface area (Å²) in [6.07, 6.45) is -0.148. The SMILES string of the molecule is COC(CN)CC(=O)Nc1n[nH]c(-c2ccc(C(C)(C)C)cc2)n1.Cl. The zero-order chi connectivity index (χ0) is 17.7. The zero-order valence-corrected chi connectivity index (χ0v) is 15.8. The summed E-state index contributed by atoms with van der Waals surface area (Å²) in [6, 6.07) is 8.12. The minimum Gasteiger partial charge on any atom is -0.380 e. The molecule has 8 heteroatoms. The number of nitrogens with one attached hydrogen (secondary N) is 2. The van der Waals surface area contributed by atoms with Crippen molar-refractivity contribution in [3.8, 4) is 11.4 Å². The molecule has 1 amide bonds. The maximum atomic E-state index is 11.9. The van der Waals surface area contributed by atoms with Crippen LogP contribution in [-0.2, 0) is 14.9 Å². The summed E-state index contributed by atoms with van der Waals surface area (Å²) < 4.78 is 5.09. The lowest BCUT2D eigenvalue weighted by Gasteiger charge is -2.18. The Kier molecular flexibility index (Phi) is 7.54. The van der Waals surface area contributed by atoms with Gasteiger partial charge in [0.05, 0.1) is 12.5 Å². The highest BCUT2D eigenvalue weighted by Gasteiger charge is 2.15. The van der Waals surface area contributed by atoms with Crippen LogP contribution in [0.3, 0.4) is 0 Å². The number of carbonyl (C=O) groups excluding carboxylic acids is 1. The lowest BCUT2D eigenvalue weighted by molar-refractivity contribution is -0.118. The highest BCUT2D eigenvalue weighted by Crippen LogP contribution is 2.25. The number of benzene rings is 1. The number of H-pyrrole nitrogens is 1. The van der Waals surface area contributed by atoms with Crippen LogP contribution in [0.5, 0.6) is 0 Å². The number of halogens is 1. The number of nitrogens with two attached hydrogens (primary N) is 1. The molecule has 7 nitrogen and oxygen atoms in total. The predicted octanol–water partition coefficient (Wildman–Crippen LogP) is 2.49. The van der Waals surface area contributed by atoms with Gasteiger partial charge in [-0.05, 0) is 11.0 Å². The van der Waals surface area contributed by atoms with Gasteiger partial charge in [0, 0.05) is 19.2 Å². The Hall–Kier alpha value is -1.96. The molecule has 1 aromatic carbocycles. The van der Waals surface area contributed by atoms with Gasteiger partial charge in [-0.1, -0.05) is 45.0 Å². The van der Waals surface area contributed by atoms with Crippen molar-refractivity contribution in [2.45, 2.75) is 38.7 Å². The van der Waals surface area contributed by atoms with Gasteiger partial charge >= 0.3 is 0 Å². The number of ether oxygens (including phenoxy) is 1. The van der Waals surface area contributed by atoms with E-state index in [1.807, 2.05) is 12.1 Å². The Morgan fingerprint density at radius 1 is 1.32 bits per heavy atom. The van der Waals surface area contributed by atoms with Gasteiger partial charge in [0.15, 0.2) is 5.82 Å². The van der Waals surface area contributed by atoms with E-state index in [1.54, 1.807) is 0 Å². The van der Waals surface area contributed by atoms with Gasteiger partial charge in [-0.3, -0.25) is 15.2 Å². The molecule has 1 heterocycles. The van der Waals surface area contributed by atoms with Gasteiger partial charge in [0.2, 0.25) is 11.9 Å². The molecule has 0 saturated carbocycles. The van der Waals surface area contributed by atoms with Crippen molar-refractivity contribution in [2.75, 3.05) is 19.0 Å². The summed E-state index contributed by atoms with van der Waals surface area (Å²) in [5.74, 6) is 0.607. The van der Waals surface area contributed by atoms with E-state index in [-0.39, 0.29) is 48.7 Å². The van der Waals surface area contributed by atoms with E-state index >= 15 is 0 Å². The maximum absolute atomic E-state index is 11.9. The zero-order valence-electron chi connectivity index (χ0n) is 15.0. The summed E-state index contributed by atoms with van der Waals surface area (Å²) in [5, 5.41) is 9.50. The van der Waals surface area contributed by atoms with Gasteiger partial charge in [-0.2, -0.15) is 4.98 Å². The average molecular weight is 368 g/mol. The molecule has 2 rings (SSSR count). The Morgan fingerprint density at radius 3 is 2.48 bits per heavy atom. The second-order valence-electron chi connectivity index (χ2n) is 6.68. The molecule has 0 fully saturated rings. The van der Waals surface area contributed by atoms with Crippen molar-refractivity contribution in [1.82, 2.24) is 15.2 Å². The first-order valence-corrected chi connectivity index (χ1v) is 7.89. The standard InChI is InChI=1S/C17H25N5O2.ClH/c1-17(2,3)12-7-5-11(6-8-12)15-20-16(22-21-15)19-14(23)9-13(10-18)24-4;/h5-8,13H,9-10,18H2,1-4H3,(H2,19,20,21,22,23);1H. The van der Waals surface area contributed by atoms with Crippen LogP contribution >= 0.6 is 12.4 Å². The molecule has 4 N–H and O–H groups in total. The van der Waals surface area contributed by atoms with Crippen molar-refractivity contribution in [2.24, 2.45) is 5.73 Å². The first kappa shape index (κ1) is 21.1. The molecule has 0 radical (unpaired) electrons. The van der Waals surface area contributed by atoms with Crippen LogP contribution in [0.4, 0.5) is 5.95 Å². The number of methoxy groups -OCH3 is 1. The summed E-state index contributed by atoms with van der Waals surface area (Å²) >= 11 is 0. The summed E-state index contributed by atoms with van der Waals surface area (Å²) in [5.41, 5.74) is 7.75. The molecule has 0 aliphatic rings. The minimum absolute atomic E-state index is 0. The number of rotatable bonds is 6. The van der Waals surface area contributed by atoms with E-state index in [2.05, 4.69) is 53.4 Å². The van der Waals surface area contributed by atoms with Crippen molar-refractivity contribution in [3.05, 3.63) is 29.8 Å². The topological polar surface area (TPSA) is 106 Å². The number of hydrogen-bond acceptors (Lipinski definition) is 5. The largest absolute Gasteiger partial charge is 0.380 e. The number of carbonyl (C=O) groups is 1. The van der Waals surface area contributed by atoms with E-state index in [0.717, 1.165) is 5.56 Å². The molecule has 138 valence electrons. The van der Waals surface area contributed by atoms with Crippen LogP contribution < -0.4 is 11.1 Å². The van der Waals surface area contributed by atoms with Gasteiger partial charge in [-0.25, -0.2) is 0 Å². The third-order valence-corrected chi connectivity index (χ3v) is 3.77. The number of nitrogens with zero attached hydrogens (tertiary/aromatic N) is 2. The van der Waals surface area contributed by atoms with Crippen molar-refractivity contribution >= 4 is 24.3 Å². The van der Waals surface area contributed by atoms with Crippen LogP contribution in [0.1, 0.15) is 32.8 Å². The van der Waals surface area contributed by atoms with Crippen LogP contribution in [0.15, 0.2) is 24.3 Å². The van der Waals surface area contributed by atoms with Crippen molar-refractivity contribution < 1.29 is 9.53 Å². The summed E-state index contributed by atoms with van der Waals surface area (Å²) in [7, 11) is 1.52. The van der Waals surface area contributed by atoms with Crippen LogP contribution in [0, 0.1) is 0 Å². The number of amides is 1. The molecular weight excluding hydrogens is 342 g/mol. The third kappa shape index (κ3) is 5.81. The monoisotopic (exact) mass is 367 g/mol. The second kappa shape index (κ2) is 8.94. The quantitative estimate of drug-likeness (QED) is 0.727. The highest BCUT2D eigenvalue weighted by atomic mass is 35.5. The van der Waals surface area contributed by atoms with E-state index in [4.69, 9.17) is 10.5 Å². The van der Waals surface area contributed by atoms with E-state index in [0.29, 0.717) is 5.82 Å². The fourth-order valence-corrected chi connectivity index (χ4v) is 2.22. The first-order valence-electron chi connectivity index (χ1n) is 7.89. The summed E-state index contributed by atoms with van der Waals surface area (Å²) in [4.78, 5) is 16.2. The Balaban J connectivity index is 0.00000312. The Labute approximate surface area is 154 Å². The van der Waals surface area contributed by atoms with Crippen LogP contribution in [0.2, 0.25) is 0 Å². The van der Waals surface area contributed by atoms with Crippen molar-refractivity contribution in [1.29, 1.82) is 0 Å². The van der Waals surface area contributed by atoms with Gasteiger partial charge in [0.25, 0.3) is 0 Å². The van der Waals surface area contributed by atoms with Crippen LogP contribution in [-0.4, -0.2) is 40.8 Å². The lowest BCUT2D eigenvalue weighted by Crippen LogP contribution is -2.28. The molecule has 25 heavy (non-hydrogen) atoms. The predicted molar refractivity (Wildman–Crippen MR) is 101 cm³/mol. The number of aromatic amines is 1. The normalized spacial score (nSPS) is 12.4. The molecule has 0 spiro atoms. The Morgan fingerprint density at radius 2 is 1.96 bits per heavy atom. The molecule has 0 bridgehead atoms. The number of hydrogen-bond donors (Lipinski definition) is 3. The van der Waals surface area contributed by atoms with E-state index < -0.39 is 0 Å². The molecule has 0 aliphatic carbocycles. The molecule has 0 aliphatic heterocycles. The average Bonchev–Trinajstić information content (AvgIpc) is 3.00. The molecule has 1 aromatic heterocycles. The van der Waals surface area contributed by atoms with E-state index in [9.17, 15) is 4.79 Å². The third-order valence-electron chi connectivity index (χ3n) is 3.77. The highest BCUT2D eigenvalue weighted by molar-refractivity contribution is 5.89. The second-order valence-corrected chi connectivity index (χ2v) is 6.68. The lowest BCUT2D eigenvalue weighted by atomic mass is 9.87. The molecule has 0 saturated heterocycles. The molecule has 1 unspecified atom stereocenters. The maximum Gasteiger partial charge on any atom is 0.249 e. The van der Waals surface area contributed by atoms with Gasteiger partial charge < -0.3 is 10.5 Å². The summed E-state index contributed by atoms with van der Waals surface area (Å²) in [6.45, 7) is 6.78. The van der Waals surface area contributed by atoms with Gasteiger partial charge in [-0.15, -0.1) is 17.5 Å². The number of aromatic nitrogens is 3. The van der Waals surface area contributed by atoms with Crippen molar-refractivity contribution in [3.63, 3.8) is 0 Å². The first-order chi connectivity index (χ1) is 11.3. The Bertz CT molecular complexity index is 675. The number of anilines is 1. The van der Waals surface area contributed by atoms with Crippen LogP contribution in [0.25, 0.3) is 11.4 Å². The fourth-order valence-electron chi connectivity index (χ4n) is 2.22. The smallest absolute Gasteiger partial charge is 0.249 e. The minimum atomic E-state index is -0.312. The van der Waals surface area contributed by atoms with E-state index in [1.165, 1.54) is 12.7 Å². The molecular formula is C17H26ClN5O2. The molecule has 2 aromatic rings. The van der Waals surface area contributed by atoms with Gasteiger partial charge in [0.1, 0.15) is 0 Å².